The quantitative estimate of drug-likeness (QED) is 0.385. The van der Waals surface area contributed by atoms with Crippen LogP contribution in [-0.4, -0.2) is 32.7 Å². The minimum Gasteiger partial charge on any atom is -0.376 e. The van der Waals surface area contributed by atoms with Gasteiger partial charge >= 0.3 is 0 Å². The van der Waals surface area contributed by atoms with Crippen molar-refractivity contribution in [3.8, 4) is 0 Å². The molecule has 2 aliphatic rings. The molecule has 0 radical (unpaired) electrons. The summed E-state index contributed by atoms with van der Waals surface area (Å²) in [6.45, 7) is 2.54. The third kappa shape index (κ3) is 4.13. The number of anilines is 1. The van der Waals surface area contributed by atoms with E-state index < -0.39 is 0 Å². The van der Waals surface area contributed by atoms with Crippen molar-refractivity contribution >= 4 is 17.1 Å². The standard InChI is InChI=1S/C27H29N5O3/c28-26-30-24-23(25(33)31-26)29-17-32(24)22-11-20(15-34-13-18-7-3-1-4-8-18)27(12-21(22)27)16-35-14-19-9-5-2-6-10-19/h1-10,17,20-22H,11-16H2,(H3,28,30,31,33)/t20-,21-,22+,27-/m1/s1. The summed E-state index contributed by atoms with van der Waals surface area (Å²) < 4.78 is 14.5. The number of imidazole rings is 1. The van der Waals surface area contributed by atoms with Gasteiger partial charge in [0.15, 0.2) is 11.2 Å². The fourth-order valence-electron chi connectivity index (χ4n) is 5.87. The molecule has 3 N–H and O–H groups in total. The average molecular weight is 472 g/mol. The molecule has 0 spiro atoms. The molecule has 6 rings (SSSR count). The lowest BCUT2D eigenvalue weighted by molar-refractivity contribution is 0.0153. The van der Waals surface area contributed by atoms with E-state index in [2.05, 4.69) is 39.2 Å². The van der Waals surface area contributed by atoms with Crippen LogP contribution in [0.5, 0.6) is 0 Å². The molecule has 8 nitrogen and oxygen atoms in total. The van der Waals surface area contributed by atoms with Gasteiger partial charge in [-0.1, -0.05) is 60.7 Å². The first-order valence-electron chi connectivity index (χ1n) is 12.1. The van der Waals surface area contributed by atoms with Crippen LogP contribution in [0.2, 0.25) is 0 Å². The summed E-state index contributed by atoms with van der Waals surface area (Å²) in [5, 5.41) is 0. The zero-order valence-electron chi connectivity index (χ0n) is 19.5. The Kier molecular flexibility index (Phi) is 5.62. The van der Waals surface area contributed by atoms with Crippen LogP contribution in [-0.2, 0) is 22.7 Å². The summed E-state index contributed by atoms with van der Waals surface area (Å²) in [4.78, 5) is 23.6. The summed E-state index contributed by atoms with van der Waals surface area (Å²) in [5.41, 5.74) is 8.81. The Morgan fingerprint density at radius 1 is 1.03 bits per heavy atom. The second-order valence-corrected chi connectivity index (χ2v) is 9.80. The van der Waals surface area contributed by atoms with E-state index in [-0.39, 0.29) is 23.0 Å². The first kappa shape index (κ1) is 22.0. The predicted molar refractivity (Wildman–Crippen MR) is 132 cm³/mol. The lowest BCUT2D eigenvalue weighted by atomic mass is 9.91. The Balaban J connectivity index is 1.22. The maximum absolute atomic E-state index is 12.3. The summed E-state index contributed by atoms with van der Waals surface area (Å²) in [7, 11) is 0. The lowest BCUT2D eigenvalue weighted by Crippen LogP contribution is -2.24. The third-order valence-corrected chi connectivity index (χ3v) is 7.70. The summed E-state index contributed by atoms with van der Waals surface area (Å²) >= 11 is 0. The molecule has 2 aromatic heterocycles. The SMILES string of the molecule is Nc1nc2c(ncn2[C@H]2C[C@H](COCc3ccccc3)[C@]3(COCc4ccccc4)C[C@H]23)c(=O)[nH]1. The van der Waals surface area contributed by atoms with Gasteiger partial charge in [0.25, 0.3) is 5.56 Å². The monoisotopic (exact) mass is 471 g/mol. The number of nitrogens with one attached hydrogen (secondary N) is 1. The Labute approximate surface area is 203 Å². The zero-order valence-corrected chi connectivity index (χ0v) is 19.5. The number of nitrogens with zero attached hydrogens (tertiary/aromatic N) is 3. The Hall–Kier alpha value is -3.49. The topological polar surface area (TPSA) is 108 Å². The number of nitrogens with two attached hydrogens (primary N) is 1. The smallest absolute Gasteiger partial charge is 0.280 e. The highest BCUT2D eigenvalue weighted by atomic mass is 16.5. The van der Waals surface area contributed by atoms with Crippen LogP contribution in [0.25, 0.3) is 11.2 Å². The van der Waals surface area contributed by atoms with Crippen molar-refractivity contribution < 1.29 is 9.47 Å². The highest BCUT2D eigenvalue weighted by molar-refractivity contribution is 5.70. The number of aromatic amines is 1. The van der Waals surface area contributed by atoms with Crippen LogP contribution < -0.4 is 11.3 Å². The minimum absolute atomic E-state index is 0.0550. The minimum atomic E-state index is -0.305. The third-order valence-electron chi connectivity index (χ3n) is 7.70. The van der Waals surface area contributed by atoms with Gasteiger partial charge in [-0.25, -0.2) is 4.98 Å². The van der Waals surface area contributed by atoms with Gasteiger partial charge in [-0.2, -0.15) is 4.98 Å². The molecule has 0 amide bonds. The van der Waals surface area contributed by atoms with Gasteiger partial charge in [0, 0.05) is 11.5 Å². The maximum Gasteiger partial charge on any atom is 0.280 e. The number of aromatic nitrogens is 4. The van der Waals surface area contributed by atoms with E-state index in [1.54, 1.807) is 6.33 Å². The van der Waals surface area contributed by atoms with E-state index in [1.807, 2.05) is 41.0 Å². The van der Waals surface area contributed by atoms with Crippen molar-refractivity contribution in [3.63, 3.8) is 0 Å². The largest absolute Gasteiger partial charge is 0.376 e. The number of nitrogen functional groups attached to an aromatic ring is 1. The molecule has 8 heteroatoms. The number of hydrogen-bond acceptors (Lipinski definition) is 6. The van der Waals surface area contributed by atoms with Gasteiger partial charge < -0.3 is 19.8 Å². The number of fused-ring (bicyclic) bond motifs is 2. The fraction of sp³-hybridized carbons (Fsp3) is 0.370. The van der Waals surface area contributed by atoms with Crippen molar-refractivity contribution in [3.05, 3.63) is 88.5 Å². The average Bonchev–Trinajstić information content (AvgIpc) is 3.30. The van der Waals surface area contributed by atoms with E-state index >= 15 is 0 Å². The lowest BCUT2D eigenvalue weighted by Gasteiger charge is -2.24. The van der Waals surface area contributed by atoms with Gasteiger partial charge in [0.1, 0.15) is 0 Å². The van der Waals surface area contributed by atoms with E-state index in [1.165, 1.54) is 11.1 Å². The molecule has 2 aliphatic carbocycles. The van der Waals surface area contributed by atoms with Crippen molar-refractivity contribution in [2.75, 3.05) is 18.9 Å². The predicted octanol–water partition coefficient (Wildman–Crippen LogP) is 3.70. The highest BCUT2D eigenvalue weighted by Crippen LogP contribution is 2.70. The van der Waals surface area contributed by atoms with E-state index in [0.29, 0.717) is 49.4 Å². The molecule has 180 valence electrons. The van der Waals surface area contributed by atoms with Crippen LogP contribution >= 0.6 is 0 Å². The summed E-state index contributed by atoms with van der Waals surface area (Å²) in [6, 6.07) is 20.7. The normalized spacial score (nSPS) is 25.1. The molecular weight excluding hydrogens is 442 g/mol. The van der Waals surface area contributed by atoms with Crippen LogP contribution in [0.3, 0.4) is 0 Å². The Bertz CT molecular complexity index is 1370. The van der Waals surface area contributed by atoms with Crippen LogP contribution in [0.4, 0.5) is 5.95 Å². The molecule has 0 unspecified atom stereocenters. The molecule has 35 heavy (non-hydrogen) atoms. The first-order valence-corrected chi connectivity index (χ1v) is 12.1. The second kappa shape index (κ2) is 8.94. The molecule has 0 bridgehead atoms. The summed E-state index contributed by atoms with van der Waals surface area (Å²) in [5.74, 6) is 0.871. The second-order valence-electron chi connectivity index (χ2n) is 9.80. The Morgan fingerprint density at radius 2 is 1.71 bits per heavy atom. The fourth-order valence-corrected chi connectivity index (χ4v) is 5.87. The van der Waals surface area contributed by atoms with Crippen molar-refractivity contribution in [1.82, 2.24) is 19.5 Å². The maximum atomic E-state index is 12.3. The Morgan fingerprint density at radius 3 is 2.43 bits per heavy atom. The van der Waals surface area contributed by atoms with Gasteiger partial charge in [0.2, 0.25) is 5.95 Å². The number of rotatable bonds is 9. The highest BCUT2D eigenvalue weighted by Gasteiger charge is 2.67. The number of H-pyrrole nitrogens is 1. The van der Waals surface area contributed by atoms with Gasteiger partial charge in [0.05, 0.1) is 32.8 Å². The number of hydrogen-bond donors (Lipinski definition) is 2. The van der Waals surface area contributed by atoms with Crippen molar-refractivity contribution in [1.29, 1.82) is 0 Å². The number of benzene rings is 2. The van der Waals surface area contributed by atoms with E-state index in [0.717, 1.165) is 12.8 Å². The van der Waals surface area contributed by atoms with Gasteiger partial charge in [-0.05, 0) is 35.8 Å². The van der Waals surface area contributed by atoms with E-state index in [9.17, 15) is 4.79 Å². The van der Waals surface area contributed by atoms with Crippen LogP contribution in [0.1, 0.15) is 30.0 Å². The summed E-state index contributed by atoms with van der Waals surface area (Å²) in [6.07, 6.45) is 3.72. The van der Waals surface area contributed by atoms with Gasteiger partial charge in [-0.15, -0.1) is 0 Å². The number of ether oxygens (including phenoxy) is 2. The van der Waals surface area contributed by atoms with E-state index in [4.69, 9.17) is 15.2 Å². The van der Waals surface area contributed by atoms with Crippen LogP contribution in [0, 0.1) is 17.3 Å². The molecule has 2 fully saturated rings. The van der Waals surface area contributed by atoms with Gasteiger partial charge in [-0.3, -0.25) is 9.78 Å². The molecule has 2 saturated carbocycles. The van der Waals surface area contributed by atoms with Crippen LogP contribution in [0.15, 0.2) is 71.8 Å². The molecule has 2 heterocycles. The van der Waals surface area contributed by atoms with Crippen molar-refractivity contribution in [2.24, 2.45) is 17.3 Å². The molecule has 0 saturated heterocycles. The zero-order chi connectivity index (χ0) is 23.8. The first-order chi connectivity index (χ1) is 17.1. The van der Waals surface area contributed by atoms with Crippen molar-refractivity contribution in [2.45, 2.75) is 32.1 Å². The molecular formula is C27H29N5O3. The molecule has 2 aromatic carbocycles. The molecule has 4 atom stereocenters. The molecule has 0 aliphatic heterocycles. The molecule has 4 aromatic rings.